The van der Waals surface area contributed by atoms with Crippen LogP contribution < -0.4 is 5.32 Å². The molecule has 0 bridgehead atoms. The molecule has 0 aliphatic carbocycles. The highest BCUT2D eigenvalue weighted by Crippen LogP contribution is 2.31. The minimum Gasteiger partial charge on any atom is -0.454 e. The number of anilines is 2. The minimum atomic E-state index is -4.48. The summed E-state index contributed by atoms with van der Waals surface area (Å²) in [6.07, 6.45) is -2.26. The van der Waals surface area contributed by atoms with Crippen molar-refractivity contribution >= 4 is 17.5 Å². The molecule has 0 atom stereocenters. The zero-order valence-electron chi connectivity index (χ0n) is 15.3. The Hall–Kier alpha value is -3.50. The molecule has 3 rings (SSSR count). The van der Waals surface area contributed by atoms with Gasteiger partial charge in [0.15, 0.2) is 12.4 Å². The molecule has 0 fully saturated rings. The lowest BCUT2D eigenvalue weighted by molar-refractivity contribution is -0.137. The Morgan fingerprint density at radius 1 is 1.24 bits per heavy atom. The molecule has 1 aromatic carbocycles. The Balaban J connectivity index is 1.75. The Labute approximate surface area is 163 Å². The molecule has 0 amide bonds. The van der Waals surface area contributed by atoms with Crippen LogP contribution in [0, 0.1) is 0 Å². The number of benzene rings is 1. The molecule has 3 aromatic rings. The molecule has 29 heavy (non-hydrogen) atoms. The van der Waals surface area contributed by atoms with Gasteiger partial charge in [-0.15, -0.1) is 5.10 Å². The van der Waals surface area contributed by atoms with Gasteiger partial charge >= 0.3 is 12.1 Å². The van der Waals surface area contributed by atoms with Crippen LogP contribution in [0.15, 0.2) is 42.6 Å². The first kappa shape index (κ1) is 20.2. The number of hydrogen-bond donors (Lipinski definition) is 1. The van der Waals surface area contributed by atoms with Crippen LogP contribution in [0.2, 0.25) is 0 Å². The highest BCUT2D eigenvalue weighted by Gasteiger charge is 2.30. The third-order valence-corrected chi connectivity index (χ3v) is 3.85. The van der Waals surface area contributed by atoms with Gasteiger partial charge in [0, 0.05) is 18.4 Å². The SMILES string of the molecule is CCCn1nnnc1COC(=O)c1cccnc1Nc1cccc(C(F)(F)F)c1. The van der Waals surface area contributed by atoms with Crippen molar-refractivity contribution in [1.82, 2.24) is 25.2 Å². The summed E-state index contributed by atoms with van der Waals surface area (Å²) >= 11 is 0. The van der Waals surface area contributed by atoms with Crippen LogP contribution >= 0.6 is 0 Å². The van der Waals surface area contributed by atoms with Gasteiger partial charge in [0.2, 0.25) is 0 Å². The Bertz CT molecular complexity index is 989. The monoisotopic (exact) mass is 406 g/mol. The van der Waals surface area contributed by atoms with Gasteiger partial charge in [0.1, 0.15) is 11.4 Å². The quantitative estimate of drug-likeness (QED) is 0.599. The molecule has 0 unspecified atom stereocenters. The first-order valence-corrected chi connectivity index (χ1v) is 8.70. The van der Waals surface area contributed by atoms with Crippen molar-refractivity contribution in [3.8, 4) is 0 Å². The van der Waals surface area contributed by atoms with Crippen molar-refractivity contribution in [3.05, 3.63) is 59.5 Å². The minimum absolute atomic E-state index is 0.0689. The maximum atomic E-state index is 12.9. The number of nitrogens with one attached hydrogen (secondary N) is 1. The van der Waals surface area contributed by atoms with Gasteiger partial charge in [-0.3, -0.25) is 0 Å². The Morgan fingerprint density at radius 2 is 2.07 bits per heavy atom. The molecule has 0 saturated heterocycles. The van der Waals surface area contributed by atoms with Crippen molar-refractivity contribution in [2.24, 2.45) is 0 Å². The predicted molar refractivity (Wildman–Crippen MR) is 96.2 cm³/mol. The molecule has 0 saturated carbocycles. The number of pyridine rings is 1. The van der Waals surface area contributed by atoms with Crippen LogP contribution in [0.25, 0.3) is 0 Å². The second-order valence-corrected chi connectivity index (χ2v) is 6.00. The fourth-order valence-corrected chi connectivity index (χ4v) is 2.50. The molecular weight excluding hydrogens is 389 g/mol. The number of esters is 1. The van der Waals surface area contributed by atoms with E-state index in [1.807, 2.05) is 6.92 Å². The van der Waals surface area contributed by atoms with Crippen molar-refractivity contribution in [2.45, 2.75) is 32.7 Å². The third kappa shape index (κ3) is 5.06. The van der Waals surface area contributed by atoms with Crippen molar-refractivity contribution < 1.29 is 22.7 Å². The third-order valence-electron chi connectivity index (χ3n) is 3.85. The van der Waals surface area contributed by atoms with Gasteiger partial charge in [-0.1, -0.05) is 13.0 Å². The van der Waals surface area contributed by atoms with E-state index in [-0.39, 0.29) is 23.7 Å². The number of hydrogen-bond acceptors (Lipinski definition) is 7. The van der Waals surface area contributed by atoms with Gasteiger partial charge in [0.05, 0.1) is 5.56 Å². The molecule has 0 aliphatic heterocycles. The number of aromatic nitrogens is 5. The van der Waals surface area contributed by atoms with E-state index in [2.05, 4.69) is 25.8 Å². The van der Waals surface area contributed by atoms with Crippen LogP contribution in [0.1, 0.15) is 35.1 Å². The maximum Gasteiger partial charge on any atom is 0.416 e. The standard InChI is InChI=1S/C18H17F3N6O2/c1-2-9-27-15(24-25-26-27)11-29-17(28)14-7-4-8-22-16(14)23-13-6-3-5-12(10-13)18(19,20)21/h3-8,10H,2,9,11H2,1H3,(H,22,23). The fraction of sp³-hybridized carbons (Fsp3) is 0.278. The van der Waals surface area contributed by atoms with Crippen molar-refractivity contribution in [2.75, 3.05) is 5.32 Å². The van der Waals surface area contributed by atoms with E-state index in [4.69, 9.17) is 4.74 Å². The van der Waals surface area contributed by atoms with E-state index in [9.17, 15) is 18.0 Å². The molecule has 152 valence electrons. The predicted octanol–water partition coefficient (Wildman–Crippen LogP) is 3.60. The molecule has 2 heterocycles. The number of alkyl halides is 3. The summed E-state index contributed by atoms with van der Waals surface area (Å²) in [5, 5.41) is 13.9. The van der Waals surface area contributed by atoms with E-state index in [0.717, 1.165) is 18.6 Å². The zero-order valence-corrected chi connectivity index (χ0v) is 15.3. The highest BCUT2D eigenvalue weighted by molar-refractivity contribution is 5.95. The highest BCUT2D eigenvalue weighted by atomic mass is 19.4. The van der Waals surface area contributed by atoms with Gasteiger partial charge < -0.3 is 10.1 Å². The number of rotatable bonds is 7. The number of aryl methyl sites for hydroxylation is 1. The molecule has 0 aliphatic rings. The second-order valence-electron chi connectivity index (χ2n) is 6.00. The normalized spacial score (nSPS) is 11.3. The Kier molecular flexibility index (Phi) is 6.05. The number of tetrazole rings is 1. The molecule has 1 N–H and O–H groups in total. The van der Waals surface area contributed by atoms with Crippen LogP contribution in [-0.2, 0) is 24.1 Å². The largest absolute Gasteiger partial charge is 0.454 e. The van der Waals surface area contributed by atoms with Crippen LogP contribution in [0.4, 0.5) is 24.7 Å². The van der Waals surface area contributed by atoms with E-state index < -0.39 is 17.7 Å². The fourth-order valence-electron chi connectivity index (χ4n) is 2.50. The lowest BCUT2D eigenvalue weighted by Gasteiger charge is -2.12. The zero-order chi connectivity index (χ0) is 20.9. The summed E-state index contributed by atoms with van der Waals surface area (Å²) in [5.41, 5.74) is -0.607. The van der Waals surface area contributed by atoms with Gasteiger partial charge in [-0.2, -0.15) is 13.2 Å². The molecule has 11 heteroatoms. The molecule has 8 nitrogen and oxygen atoms in total. The smallest absolute Gasteiger partial charge is 0.416 e. The first-order valence-electron chi connectivity index (χ1n) is 8.70. The molecular formula is C18H17F3N6O2. The summed E-state index contributed by atoms with van der Waals surface area (Å²) in [7, 11) is 0. The summed E-state index contributed by atoms with van der Waals surface area (Å²) < 4.78 is 45.5. The first-order chi connectivity index (χ1) is 13.9. The average molecular weight is 406 g/mol. The van der Waals surface area contributed by atoms with E-state index in [1.54, 1.807) is 0 Å². The number of carbonyl (C=O) groups is 1. The Morgan fingerprint density at radius 3 is 2.83 bits per heavy atom. The molecule has 0 spiro atoms. The number of carbonyl (C=O) groups excluding carboxylic acids is 1. The average Bonchev–Trinajstić information content (AvgIpc) is 3.13. The van der Waals surface area contributed by atoms with Crippen molar-refractivity contribution in [1.29, 1.82) is 0 Å². The van der Waals surface area contributed by atoms with E-state index in [1.165, 1.54) is 35.1 Å². The van der Waals surface area contributed by atoms with E-state index in [0.29, 0.717) is 12.4 Å². The molecule has 0 radical (unpaired) electrons. The lowest BCUT2D eigenvalue weighted by Crippen LogP contribution is -2.13. The number of halogens is 3. The van der Waals surface area contributed by atoms with Crippen molar-refractivity contribution in [3.63, 3.8) is 0 Å². The van der Waals surface area contributed by atoms with Gasteiger partial charge in [0.25, 0.3) is 0 Å². The summed E-state index contributed by atoms with van der Waals surface area (Å²) in [5.74, 6) is -0.250. The van der Waals surface area contributed by atoms with Crippen LogP contribution in [0.3, 0.4) is 0 Å². The summed E-state index contributed by atoms with van der Waals surface area (Å²) in [6.45, 7) is 2.39. The number of nitrogens with zero attached hydrogens (tertiary/aromatic N) is 5. The second kappa shape index (κ2) is 8.67. The lowest BCUT2D eigenvalue weighted by atomic mass is 10.2. The summed E-state index contributed by atoms with van der Waals surface area (Å²) in [4.78, 5) is 16.5. The van der Waals surface area contributed by atoms with Crippen LogP contribution in [0.5, 0.6) is 0 Å². The summed E-state index contributed by atoms with van der Waals surface area (Å²) in [6, 6.07) is 7.58. The van der Waals surface area contributed by atoms with E-state index >= 15 is 0 Å². The molecule has 2 aromatic heterocycles. The maximum absolute atomic E-state index is 12.9. The van der Waals surface area contributed by atoms with Gasteiger partial charge in [-0.25, -0.2) is 14.5 Å². The number of ether oxygens (including phenoxy) is 1. The van der Waals surface area contributed by atoms with Crippen LogP contribution in [-0.4, -0.2) is 31.2 Å². The van der Waals surface area contributed by atoms with Gasteiger partial charge in [-0.05, 0) is 47.2 Å². The topological polar surface area (TPSA) is 94.8 Å².